The van der Waals surface area contributed by atoms with Crippen LogP contribution in [0.1, 0.15) is 23.2 Å². The summed E-state index contributed by atoms with van der Waals surface area (Å²) in [6.45, 7) is 2.07. The third-order valence-corrected chi connectivity index (χ3v) is 4.99. The van der Waals surface area contributed by atoms with Gasteiger partial charge in [0, 0.05) is 37.1 Å². The van der Waals surface area contributed by atoms with Crippen LogP contribution in [-0.2, 0) is 0 Å². The fourth-order valence-corrected chi connectivity index (χ4v) is 3.36. The van der Waals surface area contributed by atoms with E-state index in [0.29, 0.717) is 24.0 Å². The number of hydrogen-bond donors (Lipinski definition) is 0. The second-order valence-corrected chi connectivity index (χ2v) is 6.90. The van der Waals surface area contributed by atoms with Crippen LogP contribution in [0.5, 0.6) is 5.88 Å². The Morgan fingerprint density at radius 3 is 2.64 bits per heavy atom. The molecule has 1 aliphatic heterocycles. The van der Waals surface area contributed by atoms with E-state index in [1.807, 2.05) is 47.4 Å². The highest BCUT2D eigenvalue weighted by molar-refractivity contribution is 5.93. The first kappa shape index (κ1) is 18.1. The predicted octanol–water partition coefficient (Wildman–Crippen LogP) is 3.47. The summed E-state index contributed by atoms with van der Waals surface area (Å²) in [5.74, 6) is 1.05. The molecular formula is C22H22N4O2. The summed E-state index contributed by atoms with van der Waals surface area (Å²) in [5.41, 5.74) is 2.53. The summed E-state index contributed by atoms with van der Waals surface area (Å²) in [7, 11) is 0. The van der Waals surface area contributed by atoms with Gasteiger partial charge in [0.05, 0.1) is 17.9 Å². The summed E-state index contributed by atoms with van der Waals surface area (Å²) in [6.07, 6.45) is 6.67. The minimum absolute atomic E-state index is 0.0516. The molecule has 0 bridgehead atoms. The Labute approximate surface area is 164 Å². The predicted molar refractivity (Wildman–Crippen MR) is 106 cm³/mol. The Kier molecular flexibility index (Phi) is 5.56. The first-order valence-corrected chi connectivity index (χ1v) is 9.49. The number of nitrogens with zero attached hydrogens (tertiary/aromatic N) is 4. The lowest BCUT2D eigenvalue weighted by molar-refractivity contribution is 0.0659. The van der Waals surface area contributed by atoms with Crippen LogP contribution in [0.4, 0.5) is 0 Å². The van der Waals surface area contributed by atoms with Gasteiger partial charge in [0.2, 0.25) is 5.88 Å². The van der Waals surface area contributed by atoms with E-state index >= 15 is 0 Å². The number of carbonyl (C=O) groups excluding carboxylic acids is 1. The molecule has 28 heavy (non-hydrogen) atoms. The topological polar surface area (TPSA) is 68.2 Å². The third-order valence-electron chi connectivity index (χ3n) is 4.99. The molecule has 1 aromatic carbocycles. The van der Waals surface area contributed by atoms with E-state index < -0.39 is 0 Å². The van der Waals surface area contributed by atoms with Crippen molar-refractivity contribution in [3.63, 3.8) is 0 Å². The standard InChI is InChI=1S/C22H22N4O2/c27-22(19-7-4-10-23-14-19)26-11-8-17(9-12-26)15-28-21-13-20(24-16-25-21)18-5-2-1-3-6-18/h1-7,10,13-14,16-17H,8-9,11-12,15H2. The lowest BCUT2D eigenvalue weighted by Gasteiger charge is -2.31. The van der Waals surface area contributed by atoms with Crippen molar-refractivity contribution in [1.82, 2.24) is 19.9 Å². The lowest BCUT2D eigenvalue weighted by Crippen LogP contribution is -2.39. The average molecular weight is 374 g/mol. The Morgan fingerprint density at radius 1 is 1.07 bits per heavy atom. The van der Waals surface area contributed by atoms with E-state index in [1.165, 1.54) is 6.33 Å². The summed E-state index contributed by atoms with van der Waals surface area (Å²) in [5, 5.41) is 0. The molecule has 2 aromatic heterocycles. The highest BCUT2D eigenvalue weighted by Crippen LogP contribution is 2.22. The minimum atomic E-state index is 0.0516. The molecule has 3 heterocycles. The van der Waals surface area contributed by atoms with Crippen molar-refractivity contribution in [2.75, 3.05) is 19.7 Å². The first-order valence-electron chi connectivity index (χ1n) is 9.49. The fourth-order valence-electron chi connectivity index (χ4n) is 3.36. The molecule has 0 saturated carbocycles. The molecule has 1 saturated heterocycles. The lowest BCUT2D eigenvalue weighted by atomic mass is 9.97. The number of benzene rings is 1. The molecule has 0 atom stereocenters. The Balaban J connectivity index is 1.30. The molecule has 0 N–H and O–H groups in total. The van der Waals surface area contributed by atoms with Crippen LogP contribution >= 0.6 is 0 Å². The molecule has 1 amide bonds. The van der Waals surface area contributed by atoms with E-state index in [4.69, 9.17) is 4.74 Å². The van der Waals surface area contributed by atoms with Crippen molar-refractivity contribution in [3.8, 4) is 17.1 Å². The van der Waals surface area contributed by atoms with Gasteiger partial charge >= 0.3 is 0 Å². The zero-order chi connectivity index (χ0) is 19.2. The molecule has 0 aliphatic carbocycles. The largest absolute Gasteiger partial charge is 0.477 e. The van der Waals surface area contributed by atoms with E-state index in [0.717, 1.165) is 37.2 Å². The maximum atomic E-state index is 12.5. The van der Waals surface area contributed by atoms with E-state index in [-0.39, 0.29) is 5.91 Å². The molecule has 142 valence electrons. The van der Waals surface area contributed by atoms with Gasteiger partial charge in [-0.05, 0) is 30.9 Å². The molecule has 1 aliphatic rings. The quantitative estimate of drug-likeness (QED) is 0.684. The average Bonchev–Trinajstić information content (AvgIpc) is 2.79. The minimum Gasteiger partial charge on any atom is -0.477 e. The number of aromatic nitrogens is 3. The van der Waals surface area contributed by atoms with Crippen LogP contribution < -0.4 is 4.74 Å². The molecule has 0 unspecified atom stereocenters. The molecule has 6 heteroatoms. The number of piperidine rings is 1. The van der Waals surface area contributed by atoms with Gasteiger partial charge < -0.3 is 9.64 Å². The van der Waals surface area contributed by atoms with Gasteiger partial charge in [-0.1, -0.05) is 30.3 Å². The van der Waals surface area contributed by atoms with Crippen molar-refractivity contribution < 1.29 is 9.53 Å². The number of likely N-dealkylation sites (tertiary alicyclic amines) is 1. The van der Waals surface area contributed by atoms with Crippen LogP contribution in [0.2, 0.25) is 0 Å². The highest BCUT2D eigenvalue weighted by Gasteiger charge is 2.24. The van der Waals surface area contributed by atoms with Crippen LogP contribution in [-0.4, -0.2) is 45.5 Å². The zero-order valence-corrected chi connectivity index (χ0v) is 15.6. The number of ether oxygens (including phenoxy) is 1. The van der Waals surface area contributed by atoms with Crippen LogP contribution in [0.15, 0.2) is 67.3 Å². The normalized spacial score (nSPS) is 14.6. The van der Waals surface area contributed by atoms with Crippen molar-refractivity contribution >= 4 is 5.91 Å². The Hall–Kier alpha value is -3.28. The van der Waals surface area contributed by atoms with Crippen molar-refractivity contribution in [1.29, 1.82) is 0 Å². The van der Waals surface area contributed by atoms with Gasteiger partial charge in [0.15, 0.2) is 0 Å². The number of amides is 1. The van der Waals surface area contributed by atoms with E-state index in [1.54, 1.807) is 18.5 Å². The van der Waals surface area contributed by atoms with E-state index in [9.17, 15) is 4.79 Å². The number of rotatable bonds is 5. The summed E-state index contributed by atoms with van der Waals surface area (Å²) in [6, 6.07) is 15.5. The molecule has 3 aromatic rings. The fraction of sp³-hybridized carbons (Fsp3) is 0.273. The van der Waals surface area contributed by atoms with Crippen molar-refractivity contribution in [2.24, 2.45) is 5.92 Å². The number of hydrogen-bond acceptors (Lipinski definition) is 5. The van der Waals surface area contributed by atoms with Gasteiger partial charge in [0.1, 0.15) is 6.33 Å². The summed E-state index contributed by atoms with van der Waals surface area (Å²) in [4.78, 5) is 27.0. The van der Waals surface area contributed by atoms with Crippen LogP contribution in [0.25, 0.3) is 11.3 Å². The second-order valence-electron chi connectivity index (χ2n) is 6.90. The smallest absolute Gasteiger partial charge is 0.255 e. The molecule has 0 radical (unpaired) electrons. The van der Waals surface area contributed by atoms with Crippen molar-refractivity contribution in [2.45, 2.75) is 12.8 Å². The maximum Gasteiger partial charge on any atom is 0.255 e. The van der Waals surface area contributed by atoms with Crippen LogP contribution in [0, 0.1) is 5.92 Å². The molecule has 1 fully saturated rings. The van der Waals surface area contributed by atoms with Gasteiger partial charge in [-0.2, -0.15) is 0 Å². The van der Waals surface area contributed by atoms with Gasteiger partial charge in [0.25, 0.3) is 5.91 Å². The molecule has 0 spiro atoms. The summed E-state index contributed by atoms with van der Waals surface area (Å²) >= 11 is 0. The van der Waals surface area contributed by atoms with Gasteiger partial charge in [-0.3, -0.25) is 9.78 Å². The Bertz CT molecular complexity index is 910. The SMILES string of the molecule is O=C(c1cccnc1)N1CCC(COc2cc(-c3ccccc3)ncn2)CC1. The second kappa shape index (κ2) is 8.61. The van der Waals surface area contributed by atoms with Gasteiger partial charge in [-0.15, -0.1) is 0 Å². The molecule has 6 nitrogen and oxygen atoms in total. The maximum absolute atomic E-state index is 12.5. The van der Waals surface area contributed by atoms with Crippen molar-refractivity contribution in [3.05, 3.63) is 72.8 Å². The molecule has 4 rings (SSSR count). The highest BCUT2D eigenvalue weighted by atomic mass is 16.5. The monoisotopic (exact) mass is 374 g/mol. The van der Waals surface area contributed by atoms with Gasteiger partial charge in [-0.25, -0.2) is 9.97 Å². The summed E-state index contributed by atoms with van der Waals surface area (Å²) < 4.78 is 5.92. The number of carbonyl (C=O) groups is 1. The molecular weight excluding hydrogens is 352 g/mol. The Morgan fingerprint density at radius 2 is 1.89 bits per heavy atom. The third kappa shape index (κ3) is 4.34. The van der Waals surface area contributed by atoms with Crippen LogP contribution in [0.3, 0.4) is 0 Å². The van der Waals surface area contributed by atoms with E-state index in [2.05, 4.69) is 15.0 Å². The first-order chi connectivity index (χ1) is 13.8. The number of pyridine rings is 1. The zero-order valence-electron chi connectivity index (χ0n) is 15.6.